The van der Waals surface area contributed by atoms with E-state index in [1.807, 2.05) is 55.2 Å². The van der Waals surface area contributed by atoms with Gasteiger partial charge < -0.3 is 4.57 Å². The average molecular weight is 204 g/mol. The van der Waals surface area contributed by atoms with Crippen LogP contribution in [0.4, 0.5) is 0 Å². The summed E-state index contributed by atoms with van der Waals surface area (Å²) in [5.74, 6) is 0. The number of nitriles is 1. The quantitative estimate of drug-likeness (QED) is 0.648. The van der Waals surface area contributed by atoms with Gasteiger partial charge in [-0.15, -0.1) is 11.3 Å². The van der Waals surface area contributed by atoms with Gasteiger partial charge in [0.2, 0.25) is 0 Å². The first-order chi connectivity index (χ1) is 6.72. The van der Waals surface area contributed by atoms with Crippen LogP contribution >= 0.6 is 11.3 Å². The zero-order valence-corrected chi connectivity index (χ0v) is 9.08. The van der Waals surface area contributed by atoms with Gasteiger partial charge in [-0.1, -0.05) is 0 Å². The number of aryl methyl sites for hydroxylation is 2. The number of rotatable bonds is 0. The van der Waals surface area contributed by atoms with E-state index in [0.29, 0.717) is 0 Å². The van der Waals surface area contributed by atoms with E-state index in [2.05, 4.69) is 6.07 Å². The zero-order valence-electron chi connectivity index (χ0n) is 8.27. The molecule has 0 spiro atoms. The van der Waals surface area contributed by atoms with E-state index in [0.717, 1.165) is 4.88 Å². The minimum absolute atomic E-state index is 0.794. The molecule has 0 aromatic carbocycles. The first-order valence-electron chi connectivity index (χ1n) is 4.26. The van der Waals surface area contributed by atoms with Gasteiger partial charge in [-0.05, 0) is 31.2 Å². The van der Waals surface area contributed by atoms with Gasteiger partial charge in [0, 0.05) is 24.3 Å². The van der Waals surface area contributed by atoms with Crippen LogP contribution in [0.25, 0.3) is 0 Å². The molecule has 0 aliphatic heterocycles. The highest BCUT2D eigenvalue weighted by molar-refractivity contribution is 7.12. The molecule has 2 rings (SSSR count). The van der Waals surface area contributed by atoms with Crippen molar-refractivity contribution in [2.24, 2.45) is 7.05 Å². The zero-order chi connectivity index (χ0) is 10.4. The summed E-state index contributed by atoms with van der Waals surface area (Å²) in [5.41, 5.74) is 0. The van der Waals surface area contributed by atoms with Crippen LogP contribution in [0.15, 0.2) is 36.7 Å². The predicted octanol–water partition coefficient (Wildman–Crippen LogP) is 2.95. The summed E-state index contributed by atoms with van der Waals surface area (Å²) in [7, 11) is 2.00. The molecule has 14 heavy (non-hydrogen) atoms. The van der Waals surface area contributed by atoms with E-state index in [9.17, 15) is 0 Å². The Morgan fingerprint density at radius 1 is 1.29 bits per heavy atom. The molecular formula is C11H12N2S. The van der Waals surface area contributed by atoms with Crippen LogP contribution in [0.5, 0.6) is 0 Å². The molecule has 0 amide bonds. The Labute approximate surface area is 88.0 Å². The summed E-state index contributed by atoms with van der Waals surface area (Å²) in [6, 6.07) is 9.85. The standard InChI is InChI=1S/C6H5NS.C5H7N/c1-5-2-3-6(4-7)8-5;1-6-4-2-3-5-6/h2-3H,1H3;2-5H,1H3. The predicted molar refractivity (Wildman–Crippen MR) is 59.2 cm³/mol. The summed E-state index contributed by atoms with van der Waals surface area (Å²) in [5, 5.41) is 8.31. The summed E-state index contributed by atoms with van der Waals surface area (Å²) in [6.07, 6.45) is 4.00. The van der Waals surface area contributed by atoms with Crippen molar-refractivity contribution in [3.63, 3.8) is 0 Å². The van der Waals surface area contributed by atoms with Gasteiger partial charge in [0.1, 0.15) is 10.9 Å². The monoisotopic (exact) mass is 204 g/mol. The van der Waals surface area contributed by atoms with Gasteiger partial charge in [-0.25, -0.2) is 0 Å². The van der Waals surface area contributed by atoms with Crippen LogP contribution in [-0.4, -0.2) is 4.57 Å². The Kier molecular flexibility index (Phi) is 3.96. The summed E-state index contributed by atoms with van der Waals surface area (Å²) in [4.78, 5) is 1.99. The van der Waals surface area contributed by atoms with Crippen LogP contribution < -0.4 is 0 Å². The molecule has 2 aromatic heterocycles. The second-order valence-electron chi connectivity index (χ2n) is 2.87. The topological polar surface area (TPSA) is 28.7 Å². The molecule has 72 valence electrons. The van der Waals surface area contributed by atoms with Gasteiger partial charge in [-0.3, -0.25) is 0 Å². The SMILES string of the molecule is Cc1ccc(C#N)s1.Cn1cccc1. The van der Waals surface area contributed by atoms with Crippen molar-refractivity contribution >= 4 is 11.3 Å². The Bertz CT molecular complexity index is 407. The maximum absolute atomic E-state index is 8.31. The molecule has 2 nitrogen and oxygen atoms in total. The first kappa shape index (κ1) is 10.6. The lowest BCUT2D eigenvalue weighted by Crippen LogP contribution is -1.75. The lowest BCUT2D eigenvalue weighted by molar-refractivity contribution is 0.928. The van der Waals surface area contributed by atoms with Gasteiger partial charge >= 0.3 is 0 Å². The van der Waals surface area contributed by atoms with Gasteiger partial charge in [0.05, 0.1) is 0 Å². The molecule has 0 aliphatic rings. The molecule has 0 unspecified atom stereocenters. The molecule has 0 atom stereocenters. The number of aromatic nitrogens is 1. The van der Waals surface area contributed by atoms with Crippen molar-refractivity contribution in [2.75, 3.05) is 0 Å². The second-order valence-corrected chi connectivity index (χ2v) is 4.16. The fourth-order valence-corrected chi connectivity index (χ4v) is 1.58. The molecule has 0 saturated carbocycles. The van der Waals surface area contributed by atoms with E-state index in [-0.39, 0.29) is 0 Å². The van der Waals surface area contributed by atoms with Crippen LogP contribution in [0, 0.1) is 18.3 Å². The molecular weight excluding hydrogens is 192 g/mol. The fourth-order valence-electron chi connectivity index (χ4n) is 0.915. The van der Waals surface area contributed by atoms with Crippen molar-refractivity contribution in [1.82, 2.24) is 4.57 Å². The molecule has 2 heterocycles. The van der Waals surface area contributed by atoms with E-state index >= 15 is 0 Å². The van der Waals surface area contributed by atoms with Gasteiger partial charge in [-0.2, -0.15) is 5.26 Å². The molecule has 0 saturated heterocycles. The third-order valence-corrected chi connectivity index (χ3v) is 2.51. The van der Waals surface area contributed by atoms with Crippen molar-refractivity contribution in [2.45, 2.75) is 6.92 Å². The van der Waals surface area contributed by atoms with Crippen molar-refractivity contribution in [3.8, 4) is 6.07 Å². The third kappa shape index (κ3) is 3.46. The number of hydrogen-bond donors (Lipinski definition) is 0. The van der Waals surface area contributed by atoms with E-state index < -0.39 is 0 Å². The van der Waals surface area contributed by atoms with E-state index in [4.69, 9.17) is 5.26 Å². The van der Waals surface area contributed by atoms with Gasteiger partial charge in [0.15, 0.2) is 0 Å². The Morgan fingerprint density at radius 3 is 2.14 bits per heavy atom. The minimum Gasteiger partial charge on any atom is -0.357 e. The Hall–Kier alpha value is -1.53. The smallest absolute Gasteiger partial charge is 0.110 e. The van der Waals surface area contributed by atoms with E-state index in [1.165, 1.54) is 16.2 Å². The molecule has 3 heteroatoms. The van der Waals surface area contributed by atoms with Crippen LogP contribution in [0.3, 0.4) is 0 Å². The third-order valence-electron chi connectivity index (χ3n) is 1.60. The van der Waals surface area contributed by atoms with Crippen LogP contribution in [-0.2, 0) is 7.05 Å². The lowest BCUT2D eigenvalue weighted by atomic mass is 10.5. The first-order valence-corrected chi connectivity index (χ1v) is 5.07. The normalized spacial score (nSPS) is 8.64. The maximum Gasteiger partial charge on any atom is 0.110 e. The fraction of sp³-hybridized carbons (Fsp3) is 0.182. The van der Waals surface area contributed by atoms with Gasteiger partial charge in [0.25, 0.3) is 0 Å². The molecule has 0 N–H and O–H groups in total. The average Bonchev–Trinajstić information content (AvgIpc) is 2.77. The molecule has 0 fully saturated rings. The summed E-state index contributed by atoms with van der Waals surface area (Å²) >= 11 is 1.53. The largest absolute Gasteiger partial charge is 0.357 e. The number of thiophene rings is 1. The van der Waals surface area contributed by atoms with E-state index in [1.54, 1.807) is 0 Å². The Balaban J connectivity index is 0.000000146. The second kappa shape index (κ2) is 5.25. The van der Waals surface area contributed by atoms with Crippen LogP contribution in [0.2, 0.25) is 0 Å². The molecule has 0 radical (unpaired) electrons. The molecule has 0 bridgehead atoms. The minimum atomic E-state index is 0.794. The van der Waals surface area contributed by atoms with Crippen LogP contribution in [0.1, 0.15) is 9.75 Å². The Morgan fingerprint density at radius 2 is 1.93 bits per heavy atom. The lowest BCUT2D eigenvalue weighted by Gasteiger charge is -1.79. The summed E-state index contributed by atoms with van der Waals surface area (Å²) in [6.45, 7) is 1.99. The number of hydrogen-bond acceptors (Lipinski definition) is 2. The molecule has 0 aliphatic carbocycles. The highest BCUT2D eigenvalue weighted by Gasteiger charge is 1.89. The maximum atomic E-state index is 8.31. The highest BCUT2D eigenvalue weighted by Crippen LogP contribution is 2.12. The number of nitrogens with zero attached hydrogens (tertiary/aromatic N) is 2. The highest BCUT2D eigenvalue weighted by atomic mass is 32.1. The van der Waals surface area contributed by atoms with Crippen molar-refractivity contribution in [3.05, 3.63) is 46.4 Å². The molecule has 2 aromatic rings. The summed E-state index contributed by atoms with van der Waals surface area (Å²) < 4.78 is 2.00. The van der Waals surface area contributed by atoms with Crippen molar-refractivity contribution < 1.29 is 0 Å². The van der Waals surface area contributed by atoms with Crippen molar-refractivity contribution in [1.29, 1.82) is 5.26 Å².